The molecule has 0 atom stereocenters. The van der Waals surface area contributed by atoms with E-state index in [0.717, 1.165) is 48.0 Å². The lowest BCUT2D eigenvalue weighted by Gasteiger charge is -2.26. The van der Waals surface area contributed by atoms with Crippen LogP contribution in [-0.2, 0) is 28.9 Å². The molecule has 140 valence electrons. The van der Waals surface area contributed by atoms with Crippen LogP contribution in [0.25, 0.3) is 0 Å². The number of nitrogens with one attached hydrogen (secondary N) is 1. The Morgan fingerprint density at radius 1 is 1.35 bits per heavy atom. The van der Waals surface area contributed by atoms with Crippen LogP contribution in [0.2, 0.25) is 0 Å². The van der Waals surface area contributed by atoms with E-state index in [1.54, 1.807) is 25.1 Å². The topological polar surface area (TPSA) is 81.9 Å². The highest BCUT2D eigenvalue weighted by molar-refractivity contribution is 7.98. The summed E-state index contributed by atoms with van der Waals surface area (Å²) in [6.07, 6.45) is 7.59. The molecule has 0 unspecified atom stereocenters. The van der Waals surface area contributed by atoms with E-state index < -0.39 is 0 Å². The van der Waals surface area contributed by atoms with Crippen LogP contribution >= 0.6 is 11.8 Å². The van der Waals surface area contributed by atoms with Gasteiger partial charge in [0.25, 0.3) is 0 Å². The summed E-state index contributed by atoms with van der Waals surface area (Å²) in [4.78, 5) is 16.5. The van der Waals surface area contributed by atoms with Gasteiger partial charge in [-0.2, -0.15) is 0 Å². The van der Waals surface area contributed by atoms with Crippen LogP contribution in [-0.4, -0.2) is 38.9 Å². The van der Waals surface area contributed by atoms with Crippen molar-refractivity contribution >= 4 is 17.7 Å². The Morgan fingerprint density at radius 3 is 2.85 bits per heavy atom. The smallest absolute Gasteiger partial charge is 0.223 e. The van der Waals surface area contributed by atoms with Crippen LogP contribution in [0.5, 0.6) is 0 Å². The zero-order chi connectivity index (χ0) is 18.4. The minimum atomic E-state index is 0.0778. The van der Waals surface area contributed by atoms with E-state index in [2.05, 4.69) is 20.5 Å². The van der Waals surface area contributed by atoms with E-state index in [9.17, 15) is 4.79 Å². The van der Waals surface area contributed by atoms with Crippen molar-refractivity contribution in [1.82, 2.24) is 25.1 Å². The number of nitrogens with zero attached hydrogens (tertiary/aromatic N) is 4. The summed E-state index contributed by atoms with van der Waals surface area (Å²) in [5.41, 5.74) is 1.14. The van der Waals surface area contributed by atoms with Gasteiger partial charge in [0, 0.05) is 38.2 Å². The second-order valence-corrected chi connectivity index (χ2v) is 7.48. The molecule has 1 aliphatic carbocycles. The quantitative estimate of drug-likeness (QED) is 0.748. The maximum atomic E-state index is 12.4. The predicted octanol–water partition coefficient (Wildman–Crippen LogP) is 2.32. The number of amides is 1. The van der Waals surface area contributed by atoms with Crippen molar-refractivity contribution in [2.24, 2.45) is 13.0 Å². The van der Waals surface area contributed by atoms with Crippen LogP contribution in [0, 0.1) is 5.92 Å². The van der Waals surface area contributed by atoms with Gasteiger partial charge < -0.3 is 14.6 Å². The van der Waals surface area contributed by atoms with Gasteiger partial charge in [0.05, 0.1) is 12.6 Å². The van der Waals surface area contributed by atoms with Gasteiger partial charge in [0.1, 0.15) is 0 Å². The zero-order valence-electron chi connectivity index (χ0n) is 15.2. The SMILES string of the molecule is COC1CCC(C(=O)NCc2nnc(SCc3cccnc3)n2C)CC1. The molecule has 0 radical (unpaired) electrons. The number of methoxy groups -OCH3 is 1. The lowest BCUT2D eigenvalue weighted by molar-refractivity contribution is -0.127. The number of hydrogen-bond donors (Lipinski definition) is 1. The molecule has 1 aliphatic rings. The summed E-state index contributed by atoms with van der Waals surface area (Å²) in [6.45, 7) is 0.403. The predicted molar refractivity (Wildman–Crippen MR) is 99.4 cm³/mol. The molecule has 7 nitrogen and oxygen atoms in total. The molecule has 0 aliphatic heterocycles. The molecule has 26 heavy (non-hydrogen) atoms. The monoisotopic (exact) mass is 375 g/mol. The van der Waals surface area contributed by atoms with E-state index in [4.69, 9.17) is 4.74 Å². The van der Waals surface area contributed by atoms with Crippen LogP contribution in [0.4, 0.5) is 0 Å². The first-order valence-corrected chi connectivity index (χ1v) is 9.86. The summed E-state index contributed by atoms with van der Waals surface area (Å²) in [5.74, 6) is 1.73. The number of carbonyl (C=O) groups excluding carboxylic acids is 1. The highest BCUT2D eigenvalue weighted by Gasteiger charge is 2.26. The molecular formula is C18H25N5O2S. The molecule has 8 heteroatoms. The van der Waals surface area contributed by atoms with Crippen molar-refractivity contribution in [3.8, 4) is 0 Å². The van der Waals surface area contributed by atoms with Gasteiger partial charge in [-0.1, -0.05) is 17.8 Å². The highest BCUT2D eigenvalue weighted by atomic mass is 32.2. The van der Waals surface area contributed by atoms with Crippen LogP contribution in [0.3, 0.4) is 0 Å². The van der Waals surface area contributed by atoms with Gasteiger partial charge in [0.2, 0.25) is 5.91 Å². The van der Waals surface area contributed by atoms with Crippen molar-refractivity contribution in [3.63, 3.8) is 0 Å². The van der Waals surface area contributed by atoms with E-state index in [1.165, 1.54) is 0 Å². The first-order chi connectivity index (χ1) is 12.7. The maximum Gasteiger partial charge on any atom is 0.223 e. The largest absolute Gasteiger partial charge is 0.381 e. The minimum Gasteiger partial charge on any atom is -0.381 e. The number of ether oxygens (including phenoxy) is 1. The van der Waals surface area contributed by atoms with Gasteiger partial charge in [-0.25, -0.2) is 0 Å². The fourth-order valence-corrected chi connectivity index (χ4v) is 3.99. The van der Waals surface area contributed by atoms with E-state index >= 15 is 0 Å². The number of hydrogen-bond acceptors (Lipinski definition) is 6. The van der Waals surface area contributed by atoms with Crippen molar-refractivity contribution in [2.45, 2.75) is 49.2 Å². The summed E-state index contributed by atoms with van der Waals surface area (Å²) < 4.78 is 7.30. The first kappa shape index (κ1) is 18.8. The Kier molecular flexibility index (Phi) is 6.62. The normalized spacial score (nSPS) is 20.1. The average Bonchev–Trinajstić information content (AvgIpc) is 3.05. The maximum absolute atomic E-state index is 12.4. The number of pyridine rings is 1. The Labute approximate surface area is 157 Å². The van der Waals surface area contributed by atoms with Gasteiger partial charge >= 0.3 is 0 Å². The third kappa shape index (κ3) is 4.82. The Balaban J connectivity index is 1.48. The molecule has 2 aromatic rings. The molecule has 0 aromatic carbocycles. The third-order valence-electron chi connectivity index (χ3n) is 4.81. The van der Waals surface area contributed by atoms with Gasteiger partial charge in [0.15, 0.2) is 11.0 Å². The van der Waals surface area contributed by atoms with Crippen LogP contribution < -0.4 is 5.32 Å². The van der Waals surface area contributed by atoms with E-state index in [0.29, 0.717) is 12.6 Å². The molecule has 1 amide bonds. The molecule has 0 spiro atoms. The lowest BCUT2D eigenvalue weighted by Crippen LogP contribution is -2.34. The van der Waals surface area contributed by atoms with Gasteiger partial charge in [-0.3, -0.25) is 9.78 Å². The van der Waals surface area contributed by atoms with Gasteiger partial charge in [-0.05, 0) is 37.3 Å². The molecule has 0 saturated heterocycles. The van der Waals surface area contributed by atoms with Crippen LogP contribution in [0.1, 0.15) is 37.1 Å². The molecule has 1 N–H and O–H groups in total. The number of rotatable bonds is 7. The minimum absolute atomic E-state index is 0.0778. The second kappa shape index (κ2) is 9.14. The van der Waals surface area contributed by atoms with E-state index in [1.807, 2.05) is 29.9 Å². The summed E-state index contributed by atoms with van der Waals surface area (Å²) >= 11 is 1.61. The molecule has 2 heterocycles. The molecule has 3 rings (SSSR count). The van der Waals surface area contributed by atoms with Crippen molar-refractivity contribution in [1.29, 1.82) is 0 Å². The summed E-state index contributed by atoms with van der Waals surface area (Å²) in [7, 11) is 3.67. The van der Waals surface area contributed by atoms with Crippen molar-refractivity contribution < 1.29 is 9.53 Å². The van der Waals surface area contributed by atoms with Crippen LogP contribution in [0.15, 0.2) is 29.7 Å². The number of thioether (sulfide) groups is 1. The molecule has 1 fully saturated rings. The lowest BCUT2D eigenvalue weighted by atomic mass is 9.87. The Hall–Kier alpha value is -1.93. The van der Waals surface area contributed by atoms with Gasteiger partial charge in [-0.15, -0.1) is 10.2 Å². The Bertz CT molecular complexity index is 714. The fourth-order valence-electron chi connectivity index (χ4n) is 3.13. The number of carbonyl (C=O) groups is 1. The average molecular weight is 375 g/mol. The standard InChI is InChI=1S/C18H25N5O2S/c1-23-16(11-20-17(24)14-5-7-15(25-2)8-6-14)21-22-18(23)26-12-13-4-3-9-19-10-13/h3-4,9-10,14-15H,5-8,11-12H2,1-2H3,(H,20,24). The second-order valence-electron chi connectivity index (χ2n) is 6.53. The molecule has 0 bridgehead atoms. The third-order valence-corrected chi connectivity index (χ3v) is 5.91. The highest BCUT2D eigenvalue weighted by Crippen LogP contribution is 2.26. The molecule has 2 aromatic heterocycles. The molecular weight excluding hydrogens is 350 g/mol. The summed E-state index contributed by atoms with van der Waals surface area (Å²) in [6, 6.07) is 3.96. The summed E-state index contributed by atoms with van der Waals surface area (Å²) in [5, 5.41) is 12.3. The van der Waals surface area contributed by atoms with E-state index in [-0.39, 0.29) is 11.8 Å². The molecule has 1 saturated carbocycles. The first-order valence-electron chi connectivity index (χ1n) is 8.88. The fraction of sp³-hybridized carbons (Fsp3) is 0.556. The number of aromatic nitrogens is 4. The van der Waals surface area contributed by atoms with Crippen molar-refractivity contribution in [2.75, 3.05) is 7.11 Å². The zero-order valence-corrected chi connectivity index (χ0v) is 16.0. The van der Waals surface area contributed by atoms with Crippen molar-refractivity contribution in [3.05, 3.63) is 35.9 Å². The Morgan fingerprint density at radius 2 is 2.15 bits per heavy atom.